The van der Waals surface area contributed by atoms with Crippen molar-refractivity contribution in [1.82, 2.24) is 9.80 Å². The van der Waals surface area contributed by atoms with Gasteiger partial charge in [-0.25, -0.2) is 9.36 Å². The number of phosphoric acid groups is 1. The van der Waals surface area contributed by atoms with Gasteiger partial charge in [-0.1, -0.05) is 6.92 Å². The highest BCUT2D eigenvalue weighted by atomic mass is 31.2. The van der Waals surface area contributed by atoms with E-state index in [0.717, 1.165) is 4.90 Å². The summed E-state index contributed by atoms with van der Waals surface area (Å²) in [4.78, 5) is 70.6. The summed E-state index contributed by atoms with van der Waals surface area (Å²) in [5.74, 6) is -2.16. The molecule has 0 aromatic carbocycles. The highest BCUT2D eigenvalue weighted by molar-refractivity contribution is 7.46. The van der Waals surface area contributed by atoms with E-state index in [1.165, 1.54) is 25.7 Å². The highest BCUT2D eigenvalue weighted by Crippen LogP contribution is 2.40. The van der Waals surface area contributed by atoms with Crippen molar-refractivity contribution in [2.45, 2.75) is 76.9 Å². The molecule has 33 heavy (non-hydrogen) atoms. The molecular weight excluding hydrogens is 459 g/mol. The van der Waals surface area contributed by atoms with Crippen LogP contribution in [-0.2, 0) is 33.0 Å². The Morgan fingerprint density at radius 1 is 1.00 bits per heavy atom. The molecule has 2 rings (SSSR count). The van der Waals surface area contributed by atoms with E-state index in [1.54, 1.807) is 0 Å². The zero-order valence-corrected chi connectivity index (χ0v) is 20.0. The molecule has 188 valence electrons. The minimum absolute atomic E-state index is 0.0581. The molecule has 0 saturated carbocycles. The van der Waals surface area contributed by atoms with Crippen molar-refractivity contribution in [2.24, 2.45) is 17.4 Å². The number of carbonyl (C=O) groups is 4. The Labute approximate surface area is 192 Å². The number of phosphoric ester groups is 1. The van der Waals surface area contributed by atoms with Crippen LogP contribution in [0.25, 0.3) is 0 Å². The zero-order valence-electron chi connectivity index (χ0n) is 19.1. The van der Waals surface area contributed by atoms with Crippen LogP contribution >= 0.6 is 7.82 Å². The molecule has 0 bridgehead atoms. The SMILES string of the molecule is CC(=O)[C@@H]1CC(OP(=O)(O)O)CN1C(=O)[C@@H](N)[C@H](C)OC(=O)[C@@H]1C[C@@H](C)CN1C(=O)[C@H](C)N. The summed E-state index contributed by atoms with van der Waals surface area (Å²) in [5.41, 5.74) is 11.7. The second kappa shape index (κ2) is 10.6. The fourth-order valence-corrected chi connectivity index (χ4v) is 4.74. The lowest BCUT2D eigenvalue weighted by Crippen LogP contribution is -2.54. The number of rotatable bonds is 8. The van der Waals surface area contributed by atoms with Gasteiger partial charge < -0.3 is 35.8 Å². The first-order valence-corrected chi connectivity index (χ1v) is 12.2. The number of carbonyl (C=O) groups excluding carboxylic acids is 4. The van der Waals surface area contributed by atoms with Crippen molar-refractivity contribution in [3.8, 4) is 0 Å². The van der Waals surface area contributed by atoms with Gasteiger partial charge in [0.05, 0.1) is 18.2 Å². The minimum Gasteiger partial charge on any atom is -0.459 e. The lowest BCUT2D eigenvalue weighted by molar-refractivity contribution is -0.160. The van der Waals surface area contributed by atoms with E-state index in [4.69, 9.17) is 26.0 Å². The van der Waals surface area contributed by atoms with Crippen LogP contribution in [0.2, 0.25) is 0 Å². The molecular formula is C19H33N4O9P. The van der Waals surface area contributed by atoms with Crippen LogP contribution in [0.15, 0.2) is 0 Å². The maximum Gasteiger partial charge on any atom is 0.469 e. The number of likely N-dealkylation sites (tertiary alicyclic amines) is 2. The number of hydrogen-bond acceptors (Lipinski definition) is 9. The molecule has 2 heterocycles. The van der Waals surface area contributed by atoms with Crippen LogP contribution < -0.4 is 11.5 Å². The number of ketones is 1. The number of nitrogens with zero attached hydrogens (tertiary/aromatic N) is 2. The summed E-state index contributed by atoms with van der Waals surface area (Å²) in [5, 5.41) is 0. The minimum atomic E-state index is -4.82. The van der Waals surface area contributed by atoms with Crippen LogP contribution in [0.5, 0.6) is 0 Å². The Hall–Kier alpha value is -1.89. The topological polar surface area (TPSA) is 203 Å². The lowest BCUT2D eigenvalue weighted by atomic mass is 10.1. The third-order valence-corrected chi connectivity index (χ3v) is 6.42. The molecule has 2 aliphatic heterocycles. The molecule has 6 N–H and O–H groups in total. The van der Waals surface area contributed by atoms with Crippen molar-refractivity contribution >= 4 is 31.4 Å². The molecule has 2 amide bonds. The third-order valence-electron chi connectivity index (χ3n) is 5.85. The quantitative estimate of drug-likeness (QED) is 0.227. The van der Waals surface area contributed by atoms with E-state index in [-0.39, 0.29) is 24.8 Å². The first kappa shape index (κ1) is 27.4. The van der Waals surface area contributed by atoms with E-state index in [0.29, 0.717) is 13.0 Å². The number of Topliss-reactive ketones (excluding diaryl/α,β-unsaturated/α-hetero) is 1. The van der Waals surface area contributed by atoms with Crippen LogP contribution in [0.1, 0.15) is 40.5 Å². The van der Waals surface area contributed by atoms with Gasteiger partial charge in [0.15, 0.2) is 5.78 Å². The van der Waals surface area contributed by atoms with Crippen LogP contribution in [0.4, 0.5) is 0 Å². The molecule has 1 unspecified atom stereocenters. The largest absolute Gasteiger partial charge is 0.469 e. The van der Waals surface area contributed by atoms with E-state index in [9.17, 15) is 23.7 Å². The first-order valence-electron chi connectivity index (χ1n) is 10.7. The second-order valence-corrected chi connectivity index (χ2v) is 10.1. The molecule has 14 heteroatoms. The molecule has 2 fully saturated rings. The van der Waals surface area contributed by atoms with Crippen molar-refractivity contribution in [3.63, 3.8) is 0 Å². The highest BCUT2D eigenvalue weighted by Gasteiger charge is 2.45. The normalized spacial score (nSPS) is 28.4. The smallest absolute Gasteiger partial charge is 0.459 e. The average molecular weight is 492 g/mol. The average Bonchev–Trinajstić information content (AvgIpc) is 3.28. The standard InChI is InChI=1S/C19H33N4O9P/c1-9-5-15(22(7-9)17(25)10(2)20)19(27)31-12(4)16(21)18(26)23-8-13(32-33(28,29)30)6-14(23)11(3)24/h9-10,12-16H,5-8,20-21H2,1-4H3,(H2,28,29,30)/t9-,10+,12+,13?,14+,15+,16+/m1/s1. The van der Waals surface area contributed by atoms with Gasteiger partial charge in [-0.15, -0.1) is 0 Å². The van der Waals surface area contributed by atoms with Gasteiger partial charge in [0.2, 0.25) is 11.8 Å². The van der Waals surface area contributed by atoms with Gasteiger partial charge >= 0.3 is 13.8 Å². The summed E-state index contributed by atoms with van der Waals surface area (Å²) in [7, 11) is -4.82. The Balaban J connectivity index is 2.07. The summed E-state index contributed by atoms with van der Waals surface area (Å²) < 4.78 is 21.2. The van der Waals surface area contributed by atoms with Crippen molar-refractivity contribution in [1.29, 1.82) is 0 Å². The van der Waals surface area contributed by atoms with Crippen LogP contribution in [0, 0.1) is 5.92 Å². The monoisotopic (exact) mass is 492 g/mol. The fraction of sp³-hybridized carbons (Fsp3) is 0.789. The van der Waals surface area contributed by atoms with Crippen LogP contribution in [0.3, 0.4) is 0 Å². The van der Waals surface area contributed by atoms with Crippen molar-refractivity contribution < 1.29 is 42.8 Å². The molecule has 0 spiro atoms. The van der Waals surface area contributed by atoms with E-state index < -0.39 is 61.9 Å². The van der Waals surface area contributed by atoms with E-state index in [2.05, 4.69) is 4.52 Å². The number of ether oxygens (including phenoxy) is 1. The fourth-order valence-electron chi connectivity index (χ4n) is 4.20. The van der Waals surface area contributed by atoms with Gasteiger partial charge in [-0.2, -0.15) is 0 Å². The third kappa shape index (κ3) is 6.81. The number of amides is 2. The molecule has 0 aromatic rings. The number of nitrogens with two attached hydrogens (primary N) is 2. The molecule has 0 aliphatic carbocycles. The second-order valence-electron chi connectivity index (χ2n) is 8.87. The number of hydrogen-bond donors (Lipinski definition) is 4. The first-order chi connectivity index (χ1) is 15.1. The molecule has 7 atom stereocenters. The van der Waals surface area contributed by atoms with Crippen LogP contribution in [-0.4, -0.2) is 92.6 Å². The Morgan fingerprint density at radius 2 is 1.58 bits per heavy atom. The van der Waals surface area contributed by atoms with Gasteiger partial charge in [0.1, 0.15) is 18.2 Å². The predicted molar refractivity (Wildman–Crippen MR) is 114 cm³/mol. The van der Waals surface area contributed by atoms with Gasteiger partial charge in [0.25, 0.3) is 0 Å². The van der Waals surface area contributed by atoms with Gasteiger partial charge in [-0.05, 0) is 33.1 Å². The van der Waals surface area contributed by atoms with Gasteiger partial charge in [-0.3, -0.25) is 18.9 Å². The summed E-state index contributed by atoms with van der Waals surface area (Å²) in [6, 6.07) is -3.95. The molecule has 0 radical (unpaired) electrons. The molecule has 2 aliphatic rings. The maximum absolute atomic E-state index is 13.0. The zero-order chi connectivity index (χ0) is 25.2. The van der Waals surface area contributed by atoms with Crippen molar-refractivity contribution in [3.05, 3.63) is 0 Å². The Kier molecular flexibility index (Phi) is 8.77. The lowest BCUT2D eigenvalue weighted by Gasteiger charge is -2.30. The Morgan fingerprint density at radius 3 is 2.09 bits per heavy atom. The predicted octanol–water partition coefficient (Wildman–Crippen LogP) is -1.50. The summed E-state index contributed by atoms with van der Waals surface area (Å²) in [6.45, 7) is 6.17. The molecule has 13 nitrogen and oxygen atoms in total. The van der Waals surface area contributed by atoms with E-state index in [1.807, 2.05) is 6.92 Å². The van der Waals surface area contributed by atoms with Gasteiger partial charge in [0, 0.05) is 19.5 Å². The molecule has 2 saturated heterocycles. The molecule has 0 aromatic heterocycles. The Bertz CT molecular complexity index is 832. The van der Waals surface area contributed by atoms with Crippen molar-refractivity contribution in [2.75, 3.05) is 13.1 Å². The maximum atomic E-state index is 13.0. The summed E-state index contributed by atoms with van der Waals surface area (Å²) in [6.07, 6.45) is -1.86. The van der Waals surface area contributed by atoms with E-state index >= 15 is 0 Å². The number of esters is 1. The summed E-state index contributed by atoms with van der Waals surface area (Å²) >= 11 is 0.